The number of aryl methyl sites for hydroxylation is 2. The van der Waals surface area contributed by atoms with Crippen molar-refractivity contribution in [1.82, 2.24) is 25.0 Å². The van der Waals surface area contributed by atoms with Crippen molar-refractivity contribution in [3.63, 3.8) is 0 Å². The Kier molecular flexibility index (Phi) is 2.12. The maximum Gasteiger partial charge on any atom is 0.197 e. The van der Waals surface area contributed by atoms with Gasteiger partial charge in [0.15, 0.2) is 4.77 Å². The molecule has 0 saturated carbocycles. The van der Waals surface area contributed by atoms with Crippen molar-refractivity contribution in [1.29, 1.82) is 0 Å². The second-order valence-corrected chi connectivity index (χ2v) is 3.36. The highest BCUT2D eigenvalue weighted by molar-refractivity contribution is 7.71. The number of H-pyrrole nitrogens is 1. The number of aromatic amines is 1. The first kappa shape index (κ1) is 9.01. The third-order valence-corrected chi connectivity index (χ3v) is 1.93. The number of hydrogen-bond donors (Lipinski definition) is 1. The molecule has 1 N–H and O–H groups in total. The molecule has 0 spiro atoms. The highest BCUT2D eigenvalue weighted by atomic mass is 32.1. The van der Waals surface area contributed by atoms with Gasteiger partial charge in [-0.05, 0) is 25.2 Å². The van der Waals surface area contributed by atoms with Crippen molar-refractivity contribution < 1.29 is 0 Å². The van der Waals surface area contributed by atoms with Gasteiger partial charge in [-0.25, -0.2) is 4.98 Å². The predicted molar refractivity (Wildman–Crippen MR) is 54.2 cm³/mol. The maximum absolute atomic E-state index is 4.97. The largest absolute Gasteiger partial charge is 0.335 e. The molecule has 14 heavy (non-hydrogen) atoms. The van der Waals surface area contributed by atoms with Gasteiger partial charge in [0.1, 0.15) is 5.69 Å². The molecule has 0 atom stereocenters. The third-order valence-electron chi connectivity index (χ3n) is 1.74. The molecular formula is C8H9N5S. The van der Waals surface area contributed by atoms with Crippen LogP contribution in [-0.4, -0.2) is 25.0 Å². The third kappa shape index (κ3) is 1.69. The summed E-state index contributed by atoms with van der Waals surface area (Å²) in [5.74, 6) is 0. The number of nitrogens with zero attached hydrogens (tertiary/aromatic N) is 4. The summed E-state index contributed by atoms with van der Waals surface area (Å²) in [6, 6.07) is 1.89. The van der Waals surface area contributed by atoms with E-state index < -0.39 is 0 Å². The summed E-state index contributed by atoms with van der Waals surface area (Å²) >= 11 is 4.97. The molecule has 0 bridgehead atoms. The minimum absolute atomic E-state index is 0.464. The Balaban J connectivity index is 2.56. The van der Waals surface area contributed by atoms with Gasteiger partial charge in [-0.3, -0.25) is 0 Å². The average molecular weight is 207 g/mol. The molecule has 0 amide bonds. The van der Waals surface area contributed by atoms with E-state index in [1.165, 1.54) is 4.80 Å². The Morgan fingerprint density at radius 2 is 2.21 bits per heavy atom. The van der Waals surface area contributed by atoms with Crippen molar-refractivity contribution in [2.75, 3.05) is 0 Å². The highest BCUT2D eigenvalue weighted by Gasteiger charge is 2.03. The van der Waals surface area contributed by atoms with E-state index in [0.717, 1.165) is 17.1 Å². The first-order valence-corrected chi connectivity index (χ1v) is 4.50. The summed E-state index contributed by atoms with van der Waals surface area (Å²) in [5, 5.41) is 8.12. The Labute approximate surface area is 85.8 Å². The van der Waals surface area contributed by atoms with E-state index in [9.17, 15) is 0 Å². The van der Waals surface area contributed by atoms with Crippen LogP contribution >= 0.6 is 12.2 Å². The number of rotatable bonds is 1. The molecule has 0 fully saturated rings. The van der Waals surface area contributed by atoms with Crippen LogP contribution in [0.15, 0.2) is 12.3 Å². The van der Waals surface area contributed by atoms with Crippen molar-refractivity contribution in [3.05, 3.63) is 22.7 Å². The summed E-state index contributed by atoms with van der Waals surface area (Å²) in [7, 11) is 1.76. The molecule has 0 saturated heterocycles. The lowest BCUT2D eigenvalue weighted by atomic mass is 10.3. The topological polar surface area (TPSA) is 59.4 Å². The molecule has 0 aliphatic rings. The molecule has 0 aromatic carbocycles. The fourth-order valence-electron chi connectivity index (χ4n) is 1.17. The van der Waals surface area contributed by atoms with Crippen molar-refractivity contribution in [2.45, 2.75) is 6.92 Å². The van der Waals surface area contributed by atoms with E-state index in [-0.39, 0.29) is 0 Å². The van der Waals surface area contributed by atoms with Crippen LogP contribution in [-0.2, 0) is 7.05 Å². The lowest BCUT2D eigenvalue weighted by Gasteiger charge is -1.96. The second kappa shape index (κ2) is 3.30. The molecule has 2 aromatic rings. The van der Waals surface area contributed by atoms with Crippen LogP contribution in [0.4, 0.5) is 0 Å². The van der Waals surface area contributed by atoms with Crippen LogP contribution in [0, 0.1) is 11.7 Å². The van der Waals surface area contributed by atoms with Crippen molar-refractivity contribution in [2.24, 2.45) is 7.05 Å². The minimum atomic E-state index is 0.464. The fraction of sp³-hybridized carbons (Fsp3) is 0.250. The van der Waals surface area contributed by atoms with Gasteiger partial charge in [0.25, 0.3) is 0 Å². The molecule has 2 aromatic heterocycles. The Morgan fingerprint density at radius 3 is 2.79 bits per heavy atom. The summed E-state index contributed by atoms with van der Waals surface area (Å²) in [4.78, 5) is 8.59. The first-order valence-electron chi connectivity index (χ1n) is 4.10. The zero-order valence-electron chi connectivity index (χ0n) is 7.85. The quantitative estimate of drug-likeness (QED) is 0.715. The fourth-order valence-corrected chi connectivity index (χ4v) is 1.43. The van der Waals surface area contributed by atoms with Crippen LogP contribution in [0.2, 0.25) is 0 Å². The molecule has 0 unspecified atom stereocenters. The Bertz CT molecular complexity index is 512. The SMILES string of the molecule is Cc1cc(-c2cnn(C)n2)nc(=S)[nH]1. The van der Waals surface area contributed by atoms with Gasteiger partial charge >= 0.3 is 0 Å². The van der Waals surface area contributed by atoms with Gasteiger partial charge in [0.2, 0.25) is 0 Å². The lowest BCUT2D eigenvalue weighted by Crippen LogP contribution is -1.94. The van der Waals surface area contributed by atoms with Crippen LogP contribution in [0.5, 0.6) is 0 Å². The first-order chi connectivity index (χ1) is 6.65. The maximum atomic E-state index is 4.97. The molecule has 0 aliphatic carbocycles. The lowest BCUT2D eigenvalue weighted by molar-refractivity contribution is 0.655. The van der Waals surface area contributed by atoms with Gasteiger partial charge in [-0.1, -0.05) is 0 Å². The molecule has 0 radical (unpaired) electrons. The van der Waals surface area contributed by atoms with Gasteiger partial charge < -0.3 is 4.98 Å². The summed E-state index contributed by atoms with van der Waals surface area (Å²) in [5.41, 5.74) is 2.45. The number of nitrogens with one attached hydrogen (secondary N) is 1. The van der Waals surface area contributed by atoms with Gasteiger partial charge in [-0.2, -0.15) is 15.0 Å². The molecule has 2 heterocycles. The van der Waals surface area contributed by atoms with E-state index in [1.54, 1.807) is 13.2 Å². The molecule has 2 rings (SSSR count). The minimum Gasteiger partial charge on any atom is -0.335 e. The average Bonchev–Trinajstić information content (AvgIpc) is 2.50. The van der Waals surface area contributed by atoms with E-state index in [0.29, 0.717) is 4.77 Å². The number of hydrogen-bond acceptors (Lipinski definition) is 4. The Hall–Kier alpha value is -1.56. The summed E-state index contributed by atoms with van der Waals surface area (Å²) in [6.07, 6.45) is 1.66. The van der Waals surface area contributed by atoms with E-state index >= 15 is 0 Å². The van der Waals surface area contributed by atoms with Crippen LogP contribution in [0.1, 0.15) is 5.69 Å². The van der Waals surface area contributed by atoms with E-state index in [4.69, 9.17) is 12.2 Å². The second-order valence-electron chi connectivity index (χ2n) is 2.97. The number of aromatic nitrogens is 5. The van der Waals surface area contributed by atoms with Crippen LogP contribution in [0.3, 0.4) is 0 Å². The van der Waals surface area contributed by atoms with Crippen LogP contribution < -0.4 is 0 Å². The van der Waals surface area contributed by atoms with Gasteiger partial charge in [-0.15, -0.1) is 0 Å². The van der Waals surface area contributed by atoms with E-state index in [2.05, 4.69) is 20.2 Å². The monoisotopic (exact) mass is 207 g/mol. The standard InChI is InChI=1S/C8H9N5S/c1-5-3-6(11-8(14)10-5)7-4-9-13(2)12-7/h3-4H,1-2H3,(H,10,11,14). The normalized spacial score (nSPS) is 10.4. The van der Waals surface area contributed by atoms with Crippen molar-refractivity contribution >= 4 is 12.2 Å². The zero-order chi connectivity index (χ0) is 10.1. The van der Waals surface area contributed by atoms with Crippen molar-refractivity contribution in [3.8, 4) is 11.4 Å². The Morgan fingerprint density at radius 1 is 1.43 bits per heavy atom. The molecular weight excluding hydrogens is 198 g/mol. The van der Waals surface area contributed by atoms with Gasteiger partial charge in [0, 0.05) is 12.7 Å². The van der Waals surface area contributed by atoms with Gasteiger partial charge in [0.05, 0.1) is 11.9 Å². The predicted octanol–water partition coefficient (Wildman–Crippen LogP) is 1.24. The summed E-state index contributed by atoms with van der Waals surface area (Å²) in [6.45, 7) is 1.93. The molecule has 72 valence electrons. The smallest absolute Gasteiger partial charge is 0.197 e. The molecule has 0 aliphatic heterocycles. The molecule has 5 nitrogen and oxygen atoms in total. The van der Waals surface area contributed by atoms with Crippen LogP contribution in [0.25, 0.3) is 11.4 Å². The zero-order valence-corrected chi connectivity index (χ0v) is 8.67. The molecule has 6 heteroatoms. The summed E-state index contributed by atoms with van der Waals surface area (Å²) < 4.78 is 0.464. The van der Waals surface area contributed by atoms with E-state index in [1.807, 2.05) is 13.0 Å². The highest BCUT2D eigenvalue weighted by Crippen LogP contribution is 2.12.